The summed E-state index contributed by atoms with van der Waals surface area (Å²) in [7, 11) is 4.71. The monoisotopic (exact) mass is 440 g/mol. The van der Waals surface area contributed by atoms with Crippen LogP contribution in [0.3, 0.4) is 0 Å². The minimum Gasteiger partial charge on any atom is -0.497 e. The molecule has 0 unspecified atom stereocenters. The smallest absolute Gasteiger partial charge is 0.189 e. The Hall–Kier alpha value is -3.25. The van der Waals surface area contributed by atoms with Gasteiger partial charge >= 0.3 is 0 Å². The molecule has 3 rings (SSSR count). The van der Waals surface area contributed by atoms with Crippen LogP contribution < -0.4 is 14.2 Å². The van der Waals surface area contributed by atoms with E-state index in [0.717, 1.165) is 28.3 Å². The average molecular weight is 441 g/mol. The lowest BCUT2D eigenvalue weighted by Gasteiger charge is -2.11. The molecule has 0 aliphatic rings. The van der Waals surface area contributed by atoms with E-state index in [2.05, 4.69) is 5.10 Å². The Labute approximate surface area is 187 Å². The number of carbonyl (C=O) groups is 1. The lowest BCUT2D eigenvalue weighted by molar-refractivity contribution is 0.104. The quantitative estimate of drug-likeness (QED) is 0.359. The predicted octanol–water partition coefficient (Wildman–Crippen LogP) is 5.12. The van der Waals surface area contributed by atoms with E-state index in [1.54, 1.807) is 38.5 Å². The number of benzene rings is 2. The summed E-state index contributed by atoms with van der Waals surface area (Å²) in [5.74, 6) is 1.64. The molecule has 162 valence electrons. The molecule has 0 bridgehead atoms. The van der Waals surface area contributed by atoms with E-state index in [0.29, 0.717) is 28.6 Å². The number of hydrogen-bond donors (Lipinski definition) is 0. The molecule has 0 spiro atoms. The molecule has 7 heteroatoms. The Balaban J connectivity index is 1.88. The second-order valence-electron chi connectivity index (χ2n) is 6.98. The second-order valence-corrected chi connectivity index (χ2v) is 7.36. The number of rotatable bonds is 8. The van der Waals surface area contributed by atoms with E-state index < -0.39 is 0 Å². The standard InChI is InChI=1S/C24H25ClN2O4/c1-15-24(25)16(2)27(26-15)14-18-12-17(7-10-22(18)30-4)6-9-21(28)20-13-19(29-3)8-11-23(20)31-5/h6-13H,14H2,1-5H3/b9-6+. The third-order valence-electron chi connectivity index (χ3n) is 5.02. The average Bonchev–Trinajstić information content (AvgIpc) is 3.03. The topological polar surface area (TPSA) is 62.6 Å². The van der Waals surface area contributed by atoms with E-state index in [9.17, 15) is 4.79 Å². The van der Waals surface area contributed by atoms with Crippen molar-refractivity contribution in [3.63, 3.8) is 0 Å². The van der Waals surface area contributed by atoms with Gasteiger partial charge in [-0.05, 0) is 55.8 Å². The summed E-state index contributed by atoms with van der Waals surface area (Å²) >= 11 is 6.28. The minimum absolute atomic E-state index is 0.182. The van der Waals surface area contributed by atoms with Gasteiger partial charge in [-0.25, -0.2) is 0 Å². The summed E-state index contributed by atoms with van der Waals surface area (Å²) in [5, 5.41) is 5.15. The van der Waals surface area contributed by atoms with Gasteiger partial charge in [-0.15, -0.1) is 0 Å². The maximum atomic E-state index is 12.8. The van der Waals surface area contributed by atoms with Gasteiger partial charge in [0, 0.05) is 5.56 Å². The Bertz CT molecular complexity index is 1130. The number of aryl methyl sites for hydroxylation is 1. The number of ketones is 1. The van der Waals surface area contributed by atoms with Crippen molar-refractivity contribution in [2.24, 2.45) is 0 Å². The number of hydrogen-bond acceptors (Lipinski definition) is 5. The van der Waals surface area contributed by atoms with Gasteiger partial charge in [0.05, 0.1) is 49.8 Å². The van der Waals surface area contributed by atoms with Gasteiger partial charge in [-0.1, -0.05) is 23.7 Å². The van der Waals surface area contributed by atoms with E-state index in [1.807, 2.05) is 36.7 Å². The fraction of sp³-hybridized carbons (Fsp3) is 0.250. The van der Waals surface area contributed by atoms with Crippen LogP contribution in [-0.4, -0.2) is 36.9 Å². The third kappa shape index (κ3) is 4.91. The first-order valence-corrected chi connectivity index (χ1v) is 10.1. The maximum Gasteiger partial charge on any atom is 0.189 e. The largest absolute Gasteiger partial charge is 0.497 e. The van der Waals surface area contributed by atoms with Crippen molar-refractivity contribution >= 4 is 23.5 Å². The maximum absolute atomic E-state index is 12.8. The number of ether oxygens (including phenoxy) is 3. The molecule has 3 aromatic rings. The first kappa shape index (κ1) is 22.4. The van der Waals surface area contributed by atoms with Crippen molar-refractivity contribution in [3.05, 3.63) is 75.6 Å². The molecule has 6 nitrogen and oxygen atoms in total. The molecular weight excluding hydrogens is 416 g/mol. The summed E-state index contributed by atoms with van der Waals surface area (Å²) in [6.45, 7) is 4.31. The summed E-state index contributed by atoms with van der Waals surface area (Å²) in [6, 6.07) is 10.9. The first-order valence-electron chi connectivity index (χ1n) is 9.68. The number of nitrogens with zero attached hydrogens (tertiary/aromatic N) is 2. The van der Waals surface area contributed by atoms with Crippen LogP contribution in [0.15, 0.2) is 42.5 Å². The lowest BCUT2D eigenvalue weighted by Crippen LogP contribution is -2.06. The molecule has 0 aliphatic carbocycles. The van der Waals surface area contributed by atoms with Crippen LogP contribution in [-0.2, 0) is 6.54 Å². The van der Waals surface area contributed by atoms with Crippen molar-refractivity contribution in [2.75, 3.05) is 21.3 Å². The molecule has 0 aliphatic heterocycles. The SMILES string of the molecule is COc1ccc(OC)c(C(=O)/C=C/c2ccc(OC)c(Cn3nc(C)c(Cl)c3C)c2)c1. The molecule has 0 N–H and O–H groups in total. The van der Waals surface area contributed by atoms with Crippen LogP contribution >= 0.6 is 11.6 Å². The Kier molecular flexibility index (Phi) is 7.02. The van der Waals surface area contributed by atoms with Gasteiger partial charge in [0.15, 0.2) is 5.78 Å². The van der Waals surface area contributed by atoms with Gasteiger partial charge in [-0.3, -0.25) is 9.48 Å². The van der Waals surface area contributed by atoms with E-state index >= 15 is 0 Å². The molecule has 2 aromatic carbocycles. The van der Waals surface area contributed by atoms with Crippen LogP contribution in [0, 0.1) is 13.8 Å². The zero-order valence-electron chi connectivity index (χ0n) is 18.2. The molecule has 0 fully saturated rings. The molecule has 1 aromatic heterocycles. The van der Waals surface area contributed by atoms with Crippen LogP contribution in [0.4, 0.5) is 0 Å². The number of carbonyl (C=O) groups excluding carboxylic acids is 1. The van der Waals surface area contributed by atoms with Crippen molar-refractivity contribution in [3.8, 4) is 17.2 Å². The number of allylic oxidation sites excluding steroid dienone is 1. The molecule has 0 atom stereocenters. The Morgan fingerprint density at radius 3 is 2.35 bits per heavy atom. The minimum atomic E-state index is -0.182. The van der Waals surface area contributed by atoms with E-state index in [-0.39, 0.29) is 5.78 Å². The highest BCUT2D eigenvalue weighted by Gasteiger charge is 2.13. The fourth-order valence-corrected chi connectivity index (χ4v) is 3.42. The molecule has 0 amide bonds. The predicted molar refractivity (Wildman–Crippen MR) is 122 cm³/mol. The fourth-order valence-electron chi connectivity index (χ4n) is 3.28. The summed E-state index contributed by atoms with van der Waals surface area (Å²) in [5.41, 5.74) is 3.90. The van der Waals surface area contributed by atoms with Gasteiger partial charge in [0.1, 0.15) is 17.2 Å². The van der Waals surface area contributed by atoms with Crippen LogP contribution in [0.25, 0.3) is 6.08 Å². The highest BCUT2D eigenvalue weighted by atomic mass is 35.5. The molecule has 0 saturated heterocycles. The van der Waals surface area contributed by atoms with Crippen LogP contribution in [0.1, 0.15) is 32.9 Å². The van der Waals surface area contributed by atoms with Crippen molar-refractivity contribution in [1.82, 2.24) is 9.78 Å². The highest BCUT2D eigenvalue weighted by molar-refractivity contribution is 6.31. The number of halogens is 1. The van der Waals surface area contributed by atoms with Crippen molar-refractivity contribution in [1.29, 1.82) is 0 Å². The van der Waals surface area contributed by atoms with Gasteiger partial charge < -0.3 is 14.2 Å². The molecule has 1 heterocycles. The summed E-state index contributed by atoms with van der Waals surface area (Å²) < 4.78 is 17.9. The molecular formula is C24H25ClN2O4. The molecule has 31 heavy (non-hydrogen) atoms. The van der Waals surface area contributed by atoms with Crippen molar-refractivity contribution < 1.29 is 19.0 Å². The summed E-state index contributed by atoms with van der Waals surface area (Å²) in [6.07, 6.45) is 3.28. The third-order valence-corrected chi connectivity index (χ3v) is 5.56. The second kappa shape index (κ2) is 9.71. The Morgan fingerprint density at radius 1 is 1.03 bits per heavy atom. The van der Waals surface area contributed by atoms with E-state index in [1.165, 1.54) is 13.2 Å². The van der Waals surface area contributed by atoms with Gasteiger partial charge in [0.2, 0.25) is 0 Å². The van der Waals surface area contributed by atoms with Crippen molar-refractivity contribution in [2.45, 2.75) is 20.4 Å². The number of aromatic nitrogens is 2. The normalized spacial score (nSPS) is 11.0. The Morgan fingerprint density at radius 2 is 1.74 bits per heavy atom. The lowest BCUT2D eigenvalue weighted by atomic mass is 10.1. The van der Waals surface area contributed by atoms with Gasteiger partial charge in [-0.2, -0.15) is 5.10 Å². The summed E-state index contributed by atoms with van der Waals surface area (Å²) in [4.78, 5) is 12.8. The van der Waals surface area contributed by atoms with Crippen LogP contribution in [0.2, 0.25) is 5.02 Å². The highest BCUT2D eigenvalue weighted by Crippen LogP contribution is 2.27. The van der Waals surface area contributed by atoms with E-state index in [4.69, 9.17) is 25.8 Å². The molecule has 0 saturated carbocycles. The zero-order chi connectivity index (χ0) is 22.5. The van der Waals surface area contributed by atoms with Crippen LogP contribution in [0.5, 0.6) is 17.2 Å². The van der Waals surface area contributed by atoms with Gasteiger partial charge in [0.25, 0.3) is 0 Å². The zero-order valence-corrected chi connectivity index (χ0v) is 19.0. The number of methoxy groups -OCH3 is 3. The molecule has 0 radical (unpaired) electrons. The first-order chi connectivity index (χ1) is 14.9.